The van der Waals surface area contributed by atoms with Gasteiger partial charge in [-0.05, 0) is 45.0 Å². The van der Waals surface area contributed by atoms with Crippen LogP contribution in [0.5, 0.6) is 11.5 Å². The van der Waals surface area contributed by atoms with Crippen molar-refractivity contribution < 1.29 is 19.4 Å². The van der Waals surface area contributed by atoms with Gasteiger partial charge in [0, 0.05) is 24.5 Å². The van der Waals surface area contributed by atoms with E-state index in [0.717, 1.165) is 25.8 Å². The van der Waals surface area contributed by atoms with Gasteiger partial charge < -0.3 is 24.4 Å². The maximum absolute atomic E-state index is 13.2. The molecular formula is C19H26N2O4. The van der Waals surface area contributed by atoms with Crippen LogP contribution in [0.3, 0.4) is 0 Å². The lowest BCUT2D eigenvalue weighted by molar-refractivity contribution is -0.0601. The van der Waals surface area contributed by atoms with Crippen LogP contribution in [0.4, 0.5) is 0 Å². The summed E-state index contributed by atoms with van der Waals surface area (Å²) in [5.74, 6) is 1.20. The van der Waals surface area contributed by atoms with Gasteiger partial charge in [-0.1, -0.05) is 6.07 Å². The lowest BCUT2D eigenvalue weighted by atomic mass is 9.69. The Bertz CT molecular complexity index is 665. The number of aliphatic hydroxyl groups is 1. The van der Waals surface area contributed by atoms with Crippen molar-refractivity contribution in [1.29, 1.82) is 0 Å². The third kappa shape index (κ3) is 2.77. The van der Waals surface area contributed by atoms with Gasteiger partial charge in [0.1, 0.15) is 13.2 Å². The van der Waals surface area contributed by atoms with Gasteiger partial charge in [-0.25, -0.2) is 0 Å². The lowest BCUT2D eigenvalue weighted by Gasteiger charge is -2.53. The van der Waals surface area contributed by atoms with Crippen LogP contribution in [0.25, 0.3) is 0 Å². The molecule has 0 bridgehead atoms. The standard InChI is InChI=1S/C19H26N2O4/c1-20-8-3-6-19(13-22)7-9-21(12-16(19)20)18(23)14-4-2-5-15-17(14)25-11-10-24-15/h2,4-5,16,22H,3,6-13H2,1H3/t16-,19-/m1/s1. The van der Waals surface area contributed by atoms with Gasteiger partial charge in [0.15, 0.2) is 11.5 Å². The van der Waals surface area contributed by atoms with Crippen molar-refractivity contribution in [2.24, 2.45) is 5.41 Å². The highest BCUT2D eigenvalue weighted by Crippen LogP contribution is 2.42. The van der Waals surface area contributed by atoms with Crippen LogP contribution >= 0.6 is 0 Å². The summed E-state index contributed by atoms with van der Waals surface area (Å²) in [5.41, 5.74) is 0.506. The molecule has 3 aliphatic rings. The molecule has 25 heavy (non-hydrogen) atoms. The number of nitrogens with zero attached hydrogens (tertiary/aromatic N) is 2. The second-order valence-corrected chi connectivity index (χ2v) is 7.45. The van der Waals surface area contributed by atoms with E-state index < -0.39 is 0 Å². The Morgan fingerprint density at radius 2 is 2.12 bits per heavy atom. The fourth-order valence-electron chi connectivity index (χ4n) is 4.61. The predicted molar refractivity (Wildman–Crippen MR) is 93.1 cm³/mol. The number of rotatable bonds is 2. The number of fused-ring (bicyclic) bond motifs is 2. The first-order valence-electron chi connectivity index (χ1n) is 9.14. The Hall–Kier alpha value is -1.79. The monoisotopic (exact) mass is 346 g/mol. The maximum Gasteiger partial charge on any atom is 0.257 e. The van der Waals surface area contributed by atoms with Crippen molar-refractivity contribution in [2.75, 3.05) is 46.5 Å². The number of amides is 1. The highest BCUT2D eigenvalue weighted by molar-refractivity contribution is 5.98. The molecule has 1 aromatic rings. The molecule has 6 nitrogen and oxygen atoms in total. The van der Waals surface area contributed by atoms with Crippen molar-refractivity contribution in [3.63, 3.8) is 0 Å². The normalized spacial score (nSPS) is 29.2. The van der Waals surface area contributed by atoms with Gasteiger partial charge in [0.25, 0.3) is 5.91 Å². The minimum atomic E-state index is -0.0699. The van der Waals surface area contributed by atoms with Crippen molar-refractivity contribution in [1.82, 2.24) is 9.80 Å². The number of carbonyl (C=O) groups is 1. The number of para-hydroxylation sites is 1. The lowest BCUT2D eigenvalue weighted by Crippen LogP contribution is -2.62. The Labute approximate surface area is 148 Å². The van der Waals surface area contributed by atoms with E-state index in [2.05, 4.69) is 11.9 Å². The van der Waals surface area contributed by atoms with Gasteiger partial charge in [-0.2, -0.15) is 0 Å². The highest BCUT2D eigenvalue weighted by Gasteiger charge is 2.47. The third-order valence-electron chi connectivity index (χ3n) is 6.10. The third-order valence-corrected chi connectivity index (χ3v) is 6.10. The molecule has 0 saturated carbocycles. The molecular weight excluding hydrogens is 320 g/mol. The summed E-state index contributed by atoms with van der Waals surface area (Å²) in [6.07, 6.45) is 2.99. The van der Waals surface area contributed by atoms with Gasteiger partial charge >= 0.3 is 0 Å². The largest absolute Gasteiger partial charge is 0.486 e. The summed E-state index contributed by atoms with van der Waals surface area (Å²) in [6, 6.07) is 5.71. The van der Waals surface area contributed by atoms with E-state index in [9.17, 15) is 9.90 Å². The zero-order valence-corrected chi connectivity index (χ0v) is 14.7. The molecule has 1 N–H and O–H groups in total. The van der Waals surface area contributed by atoms with E-state index in [1.165, 1.54) is 0 Å². The Morgan fingerprint density at radius 1 is 1.28 bits per heavy atom. The fourth-order valence-corrected chi connectivity index (χ4v) is 4.61. The second-order valence-electron chi connectivity index (χ2n) is 7.45. The summed E-state index contributed by atoms with van der Waals surface area (Å²) >= 11 is 0. The van der Waals surface area contributed by atoms with E-state index in [0.29, 0.717) is 43.4 Å². The molecule has 3 aliphatic heterocycles. The highest BCUT2D eigenvalue weighted by atomic mass is 16.6. The topological polar surface area (TPSA) is 62.2 Å². The molecule has 1 amide bonds. The molecule has 136 valence electrons. The first-order valence-corrected chi connectivity index (χ1v) is 9.14. The molecule has 2 atom stereocenters. The quantitative estimate of drug-likeness (QED) is 0.877. The Kier molecular flexibility index (Phi) is 4.33. The molecule has 0 spiro atoms. The van der Waals surface area contributed by atoms with Crippen LogP contribution in [-0.4, -0.2) is 73.4 Å². The zero-order chi connectivity index (χ0) is 17.4. The first kappa shape index (κ1) is 16.7. The van der Waals surface area contributed by atoms with Gasteiger partial charge in [-0.3, -0.25) is 4.79 Å². The number of likely N-dealkylation sites (tertiary alicyclic amines) is 2. The van der Waals surface area contributed by atoms with Crippen LogP contribution in [0.1, 0.15) is 29.6 Å². The molecule has 6 heteroatoms. The number of hydrogen-bond acceptors (Lipinski definition) is 5. The van der Waals surface area contributed by atoms with E-state index in [1.807, 2.05) is 23.1 Å². The minimum absolute atomic E-state index is 0.00661. The molecule has 4 rings (SSSR count). The number of ether oxygens (including phenoxy) is 2. The summed E-state index contributed by atoms with van der Waals surface area (Å²) in [5, 5.41) is 10.0. The average molecular weight is 346 g/mol. The molecule has 3 heterocycles. The number of benzene rings is 1. The van der Waals surface area contributed by atoms with E-state index >= 15 is 0 Å². The number of hydrogen-bond donors (Lipinski definition) is 1. The van der Waals surface area contributed by atoms with E-state index in [4.69, 9.17) is 9.47 Å². The molecule has 0 aliphatic carbocycles. The average Bonchev–Trinajstić information content (AvgIpc) is 2.67. The molecule has 2 saturated heterocycles. The summed E-state index contributed by atoms with van der Waals surface area (Å²) in [4.78, 5) is 17.4. The van der Waals surface area contributed by atoms with Crippen LogP contribution < -0.4 is 9.47 Å². The molecule has 0 radical (unpaired) electrons. The van der Waals surface area contributed by atoms with Crippen LogP contribution in [0, 0.1) is 5.41 Å². The Balaban J connectivity index is 1.58. The van der Waals surface area contributed by atoms with E-state index in [1.54, 1.807) is 0 Å². The zero-order valence-electron chi connectivity index (χ0n) is 14.7. The van der Waals surface area contributed by atoms with E-state index in [-0.39, 0.29) is 24.0 Å². The van der Waals surface area contributed by atoms with Crippen molar-refractivity contribution in [3.05, 3.63) is 23.8 Å². The Morgan fingerprint density at radius 3 is 2.96 bits per heavy atom. The van der Waals surface area contributed by atoms with Crippen molar-refractivity contribution in [2.45, 2.75) is 25.3 Å². The summed E-state index contributed by atoms with van der Waals surface area (Å²) in [7, 11) is 2.10. The summed E-state index contributed by atoms with van der Waals surface area (Å²) in [6.45, 7) is 3.53. The molecule has 0 unspecified atom stereocenters. The number of aliphatic hydroxyl groups excluding tert-OH is 1. The van der Waals surface area contributed by atoms with Gasteiger partial charge in [-0.15, -0.1) is 0 Å². The second kappa shape index (κ2) is 6.50. The number of carbonyl (C=O) groups excluding carboxylic acids is 1. The summed E-state index contributed by atoms with van der Waals surface area (Å²) < 4.78 is 11.3. The van der Waals surface area contributed by atoms with Crippen LogP contribution in [-0.2, 0) is 0 Å². The number of likely N-dealkylation sites (N-methyl/N-ethyl adjacent to an activating group) is 1. The van der Waals surface area contributed by atoms with Crippen molar-refractivity contribution in [3.8, 4) is 11.5 Å². The van der Waals surface area contributed by atoms with Gasteiger partial charge in [0.2, 0.25) is 0 Å². The smallest absolute Gasteiger partial charge is 0.257 e. The SMILES string of the molecule is CN1CCC[C@]2(CO)CCN(C(=O)c3cccc4c3OCCO4)C[C@@H]12. The maximum atomic E-state index is 13.2. The van der Waals surface area contributed by atoms with Crippen LogP contribution in [0.2, 0.25) is 0 Å². The van der Waals surface area contributed by atoms with Gasteiger partial charge in [0.05, 0.1) is 12.2 Å². The molecule has 0 aromatic heterocycles. The van der Waals surface area contributed by atoms with Crippen LogP contribution in [0.15, 0.2) is 18.2 Å². The van der Waals surface area contributed by atoms with Crippen molar-refractivity contribution >= 4 is 5.91 Å². The predicted octanol–water partition coefficient (Wildman–Crippen LogP) is 1.38. The first-order chi connectivity index (χ1) is 12.1. The fraction of sp³-hybridized carbons (Fsp3) is 0.632. The minimum Gasteiger partial charge on any atom is -0.486 e. The molecule has 1 aromatic carbocycles. The molecule has 2 fully saturated rings. The number of piperidine rings is 2.